The normalized spacial score (nSPS) is 17.9. The number of hydrogen-bond acceptors (Lipinski definition) is 3. The zero-order valence-electron chi connectivity index (χ0n) is 11.4. The summed E-state index contributed by atoms with van der Waals surface area (Å²) in [6, 6.07) is 16.4. The Bertz CT molecular complexity index is 602. The first-order valence-electron chi connectivity index (χ1n) is 6.83. The summed E-state index contributed by atoms with van der Waals surface area (Å²) in [6.07, 6.45) is 0.735. The second-order valence-corrected chi connectivity index (χ2v) is 5.10. The highest BCUT2D eigenvalue weighted by Crippen LogP contribution is 2.23. The fourth-order valence-electron chi connectivity index (χ4n) is 2.33. The van der Waals surface area contributed by atoms with Crippen LogP contribution in [0.4, 0.5) is 5.69 Å². The van der Waals surface area contributed by atoms with Gasteiger partial charge in [-0.2, -0.15) is 0 Å². The van der Waals surface area contributed by atoms with Crippen LogP contribution in [0.15, 0.2) is 48.5 Å². The van der Waals surface area contributed by atoms with Crippen LogP contribution in [-0.4, -0.2) is 18.6 Å². The molecule has 2 aromatic carbocycles. The third-order valence-electron chi connectivity index (χ3n) is 3.55. The van der Waals surface area contributed by atoms with Crippen LogP contribution in [0.2, 0.25) is 0 Å². The molecule has 0 radical (unpaired) electrons. The molecular weight excluding hydrogens is 250 g/mol. The molecule has 0 aromatic heterocycles. The number of aryl methyl sites for hydroxylation is 1. The molecule has 1 N–H and O–H groups in total. The fraction of sp³-hybridized carbons (Fsp3) is 0.235. The second kappa shape index (κ2) is 5.37. The van der Waals surface area contributed by atoms with E-state index >= 15 is 0 Å². The maximum atomic E-state index is 11.4. The van der Waals surface area contributed by atoms with Crippen LogP contribution >= 0.6 is 0 Å². The van der Waals surface area contributed by atoms with Crippen molar-refractivity contribution in [2.24, 2.45) is 0 Å². The standard InChI is InChI=1S/C17H17NO2/c1-12-2-4-13(5-3-12)14-6-8-15(9-7-14)18-16-10-11-20-17(16)19/h2-9,16,18H,10-11H2,1H3. The van der Waals surface area contributed by atoms with Gasteiger partial charge in [-0.15, -0.1) is 0 Å². The minimum Gasteiger partial charge on any atom is -0.464 e. The molecule has 3 heteroatoms. The molecule has 0 saturated carbocycles. The van der Waals surface area contributed by atoms with E-state index in [0.29, 0.717) is 6.61 Å². The predicted octanol–water partition coefficient (Wildman–Crippen LogP) is 3.39. The molecule has 1 fully saturated rings. The van der Waals surface area contributed by atoms with Gasteiger partial charge in [0.15, 0.2) is 0 Å². The molecule has 0 amide bonds. The molecule has 1 atom stereocenters. The van der Waals surface area contributed by atoms with Gasteiger partial charge < -0.3 is 10.1 Å². The SMILES string of the molecule is Cc1ccc(-c2ccc(NC3CCOC3=O)cc2)cc1. The van der Waals surface area contributed by atoms with Crippen LogP contribution in [0.5, 0.6) is 0 Å². The summed E-state index contributed by atoms with van der Waals surface area (Å²) in [7, 11) is 0. The number of cyclic esters (lactones) is 1. The average molecular weight is 267 g/mol. The number of rotatable bonds is 3. The molecule has 1 unspecified atom stereocenters. The van der Waals surface area contributed by atoms with E-state index in [1.165, 1.54) is 16.7 Å². The Balaban J connectivity index is 1.74. The van der Waals surface area contributed by atoms with Crippen molar-refractivity contribution in [1.29, 1.82) is 0 Å². The van der Waals surface area contributed by atoms with Crippen molar-refractivity contribution in [3.05, 3.63) is 54.1 Å². The Morgan fingerprint density at radius 3 is 2.15 bits per heavy atom. The molecule has 20 heavy (non-hydrogen) atoms. The van der Waals surface area contributed by atoms with E-state index in [0.717, 1.165) is 12.1 Å². The number of anilines is 1. The first-order valence-corrected chi connectivity index (χ1v) is 6.83. The highest BCUT2D eigenvalue weighted by Gasteiger charge is 2.25. The van der Waals surface area contributed by atoms with Crippen molar-refractivity contribution in [3.63, 3.8) is 0 Å². The molecular formula is C17H17NO2. The molecule has 0 aliphatic carbocycles. The van der Waals surface area contributed by atoms with Crippen molar-refractivity contribution in [2.75, 3.05) is 11.9 Å². The van der Waals surface area contributed by atoms with Gasteiger partial charge in [0.2, 0.25) is 0 Å². The van der Waals surface area contributed by atoms with Crippen LogP contribution in [0.3, 0.4) is 0 Å². The molecule has 1 aliphatic heterocycles. The van der Waals surface area contributed by atoms with Crippen molar-refractivity contribution < 1.29 is 9.53 Å². The number of nitrogens with one attached hydrogen (secondary N) is 1. The fourth-order valence-corrected chi connectivity index (χ4v) is 2.33. The Kier molecular flexibility index (Phi) is 3.42. The molecule has 1 heterocycles. The summed E-state index contributed by atoms with van der Waals surface area (Å²) in [4.78, 5) is 11.4. The van der Waals surface area contributed by atoms with Crippen LogP contribution in [0.1, 0.15) is 12.0 Å². The summed E-state index contributed by atoms with van der Waals surface area (Å²) < 4.78 is 4.94. The van der Waals surface area contributed by atoms with E-state index in [1.54, 1.807) is 0 Å². The molecule has 2 aromatic rings. The van der Waals surface area contributed by atoms with Gasteiger partial charge in [0, 0.05) is 12.1 Å². The van der Waals surface area contributed by atoms with Crippen LogP contribution in [0.25, 0.3) is 11.1 Å². The summed E-state index contributed by atoms with van der Waals surface area (Å²) in [5.41, 5.74) is 4.57. The lowest BCUT2D eigenvalue weighted by Gasteiger charge is -2.11. The quantitative estimate of drug-likeness (QED) is 0.866. The number of carbonyl (C=O) groups excluding carboxylic acids is 1. The van der Waals surface area contributed by atoms with Gasteiger partial charge in [-0.05, 0) is 30.2 Å². The van der Waals surface area contributed by atoms with Gasteiger partial charge in [0.05, 0.1) is 6.61 Å². The molecule has 0 spiro atoms. The smallest absolute Gasteiger partial charge is 0.328 e. The van der Waals surface area contributed by atoms with E-state index in [2.05, 4.69) is 48.6 Å². The molecule has 102 valence electrons. The van der Waals surface area contributed by atoms with Gasteiger partial charge in [0.1, 0.15) is 6.04 Å². The maximum absolute atomic E-state index is 11.4. The minimum atomic E-state index is -0.208. The van der Waals surface area contributed by atoms with E-state index in [1.807, 2.05) is 12.1 Å². The predicted molar refractivity (Wildman–Crippen MR) is 79.6 cm³/mol. The topological polar surface area (TPSA) is 38.3 Å². The monoisotopic (exact) mass is 267 g/mol. The van der Waals surface area contributed by atoms with Crippen LogP contribution in [-0.2, 0) is 9.53 Å². The van der Waals surface area contributed by atoms with E-state index in [-0.39, 0.29) is 12.0 Å². The Morgan fingerprint density at radius 1 is 1.00 bits per heavy atom. The van der Waals surface area contributed by atoms with Gasteiger partial charge >= 0.3 is 5.97 Å². The van der Waals surface area contributed by atoms with Crippen molar-refractivity contribution in [1.82, 2.24) is 0 Å². The third kappa shape index (κ3) is 2.67. The first-order chi connectivity index (χ1) is 9.72. The highest BCUT2D eigenvalue weighted by molar-refractivity contribution is 5.81. The van der Waals surface area contributed by atoms with Gasteiger partial charge in [-0.25, -0.2) is 4.79 Å². The molecule has 3 rings (SSSR count). The lowest BCUT2D eigenvalue weighted by Crippen LogP contribution is -2.24. The number of ether oxygens (including phenoxy) is 1. The van der Waals surface area contributed by atoms with E-state index < -0.39 is 0 Å². The Labute approximate surface area is 118 Å². The lowest BCUT2D eigenvalue weighted by atomic mass is 10.0. The van der Waals surface area contributed by atoms with Crippen molar-refractivity contribution in [2.45, 2.75) is 19.4 Å². The largest absolute Gasteiger partial charge is 0.464 e. The van der Waals surface area contributed by atoms with E-state index in [4.69, 9.17) is 4.74 Å². The zero-order chi connectivity index (χ0) is 13.9. The summed E-state index contributed by atoms with van der Waals surface area (Å²) in [5, 5.41) is 3.20. The summed E-state index contributed by atoms with van der Waals surface area (Å²) >= 11 is 0. The van der Waals surface area contributed by atoms with Crippen LogP contribution < -0.4 is 5.32 Å². The van der Waals surface area contributed by atoms with Crippen molar-refractivity contribution >= 4 is 11.7 Å². The summed E-state index contributed by atoms with van der Waals surface area (Å²) in [6.45, 7) is 2.59. The van der Waals surface area contributed by atoms with Crippen LogP contribution in [0, 0.1) is 6.92 Å². The number of carbonyl (C=O) groups is 1. The molecule has 1 aliphatic rings. The number of benzene rings is 2. The van der Waals surface area contributed by atoms with Gasteiger partial charge in [-0.3, -0.25) is 0 Å². The number of esters is 1. The van der Waals surface area contributed by atoms with Gasteiger partial charge in [-0.1, -0.05) is 42.0 Å². The highest BCUT2D eigenvalue weighted by atomic mass is 16.5. The Hall–Kier alpha value is -2.29. The lowest BCUT2D eigenvalue weighted by molar-refractivity contribution is -0.138. The Morgan fingerprint density at radius 2 is 1.60 bits per heavy atom. The molecule has 3 nitrogen and oxygen atoms in total. The van der Waals surface area contributed by atoms with Gasteiger partial charge in [0.25, 0.3) is 0 Å². The number of hydrogen-bond donors (Lipinski definition) is 1. The minimum absolute atomic E-state index is 0.160. The third-order valence-corrected chi connectivity index (χ3v) is 3.55. The van der Waals surface area contributed by atoms with Crippen molar-refractivity contribution in [3.8, 4) is 11.1 Å². The average Bonchev–Trinajstić information content (AvgIpc) is 2.86. The van der Waals surface area contributed by atoms with E-state index in [9.17, 15) is 4.79 Å². The molecule has 0 bridgehead atoms. The first kappa shape index (κ1) is 12.7. The zero-order valence-corrected chi connectivity index (χ0v) is 11.4. The second-order valence-electron chi connectivity index (χ2n) is 5.10. The molecule has 1 saturated heterocycles. The maximum Gasteiger partial charge on any atom is 0.328 e. The summed E-state index contributed by atoms with van der Waals surface area (Å²) in [5.74, 6) is -0.160.